The molecule has 0 amide bonds. The first-order chi connectivity index (χ1) is 13.3. The van der Waals surface area contributed by atoms with E-state index in [0.29, 0.717) is 12.0 Å². The molecule has 27 heavy (non-hydrogen) atoms. The Bertz CT molecular complexity index is 762. The Kier molecular flexibility index (Phi) is 4.76. The van der Waals surface area contributed by atoms with E-state index in [9.17, 15) is 5.11 Å². The fourth-order valence-electron chi connectivity index (χ4n) is 4.70. The van der Waals surface area contributed by atoms with Gasteiger partial charge in [0.1, 0.15) is 6.10 Å². The highest BCUT2D eigenvalue weighted by atomic mass is 16.3. The zero-order valence-electron chi connectivity index (χ0n) is 16.0. The van der Waals surface area contributed by atoms with Crippen LogP contribution in [0.3, 0.4) is 0 Å². The van der Waals surface area contributed by atoms with E-state index >= 15 is 0 Å². The number of aliphatic hydroxyl groups is 1. The van der Waals surface area contributed by atoms with Crippen LogP contribution < -0.4 is 0 Å². The van der Waals surface area contributed by atoms with Crippen LogP contribution in [0.1, 0.15) is 48.7 Å². The molecule has 2 fully saturated rings. The quantitative estimate of drug-likeness (QED) is 0.884. The first-order valence-electron chi connectivity index (χ1n) is 10.5. The van der Waals surface area contributed by atoms with Gasteiger partial charge in [-0.2, -0.15) is 5.10 Å². The van der Waals surface area contributed by atoms with Crippen molar-refractivity contribution in [2.24, 2.45) is 5.92 Å². The van der Waals surface area contributed by atoms with Gasteiger partial charge in [-0.25, -0.2) is 0 Å². The van der Waals surface area contributed by atoms with Gasteiger partial charge in [0.15, 0.2) is 0 Å². The van der Waals surface area contributed by atoms with Crippen molar-refractivity contribution in [3.63, 3.8) is 0 Å². The number of fused-ring (bicyclic) bond motifs is 1. The Balaban J connectivity index is 1.17. The van der Waals surface area contributed by atoms with Crippen molar-refractivity contribution >= 4 is 0 Å². The molecule has 1 aliphatic carbocycles. The molecule has 2 aromatic rings. The van der Waals surface area contributed by atoms with Crippen molar-refractivity contribution in [3.05, 3.63) is 53.3 Å². The molecule has 1 atom stereocenters. The van der Waals surface area contributed by atoms with E-state index in [4.69, 9.17) is 0 Å². The summed E-state index contributed by atoms with van der Waals surface area (Å²) in [5.74, 6) is 0.451. The average Bonchev–Trinajstić information content (AvgIpc) is 3.47. The number of hydrogen-bond acceptors (Lipinski definition) is 4. The molecule has 144 valence electrons. The van der Waals surface area contributed by atoms with Crippen molar-refractivity contribution in [1.82, 2.24) is 19.6 Å². The highest BCUT2D eigenvalue weighted by Crippen LogP contribution is 2.40. The lowest BCUT2D eigenvalue weighted by atomic mass is 10.0. The lowest BCUT2D eigenvalue weighted by Crippen LogP contribution is -2.47. The molecule has 5 rings (SSSR count). The van der Waals surface area contributed by atoms with E-state index in [2.05, 4.69) is 56.0 Å². The van der Waals surface area contributed by atoms with Crippen LogP contribution in [0.2, 0.25) is 0 Å². The minimum absolute atomic E-state index is 0.349. The summed E-state index contributed by atoms with van der Waals surface area (Å²) in [6, 6.07) is 13.6. The number of nitrogens with zero attached hydrogens (tertiary/aromatic N) is 4. The molecule has 1 saturated carbocycles. The standard InChI is InChI=1S/C22H30N4O/c27-22(18-6-7-18)21-14-20-16-25(12-13-26(20)23-21)19-8-10-24(11-9-19)15-17-4-2-1-3-5-17/h1-5,14,18-19,22,27H,6-13,15-16H2/t22-/m0/s1. The minimum Gasteiger partial charge on any atom is -0.386 e. The number of aliphatic hydroxyl groups excluding tert-OH is 1. The van der Waals surface area contributed by atoms with E-state index in [1.54, 1.807) is 0 Å². The number of aromatic nitrogens is 2. The van der Waals surface area contributed by atoms with Gasteiger partial charge in [-0.1, -0.05) is 30.3 Å². The molecule has 2 aliphatic heterocycles. The van der Waals surface area contributed by atoms with Gasteiger partial charge in [-0.05, 0) is 56.3 Å². The Morgan fingerprint density at radius 1 is 1.00 bits per heavy atom. The monoisotopic (exact) mass is 366 g/mol. The number of benzene rings is 1. The molecule has 0 spiro atoms. The summed E-state index contributed by atoms with van der Waals surface area (Å²) < 4.78 is 2.13. The fourth-order valence-corrected chi connectivity index (χ4v) is 4.70. The summed E-state index contributed by atoms with van der Waals surface area (Å²) in [4.78, 5) is 5.23. The summed E-state index contributed by atoms with van der Waals surface area (Å²) >= 11 is 0. The lowest BCUT2D eigenvalue weighted by Gasteiger charge is -2.40. The van der Waals surface area contributed by atoms with Crippen LogP contribution in [0.25, 0.3) is 0 Å². The predicted octanol–water partition coefficient (Wildman–Crippen LogP) is 2.81. The van der Waals surface area contributed by atoms with E-state index in [1.165, 1.54) is 37.2 Å². The van der Waals surface area contributed by atoms with Gasteiger partial charge in [0.25, 0.3) is 0 Å². The van der Waals surface area contributed by atoms with Crippen molar-refractivity contribution < 1.29 is 5.11 Å². The van der Waals surface area contributed by atoms with Crippen LogP contribution in [0.5, 0.6) is 0 Å². The topological polar surface area (TPSA) is 44.5 Å². The summed E-state index contributed by atoms with van der Waals surface area (Å²) in [5, 5.41) is 15.1. The van der Waals surface area contributed by atoms with E-state index in [-0.39, 0.29) is 6.10 Å². The fraction of sp³-hybridized carbons (Fsp3) is 0.591. The molecule has 3 aliphatic rings. The maximum atomic E-state index is 10.4. The second kappa shape index (κ2) is 7.38. The minimum atomic E-state index is -0.349. The van der Waals surface area contributed by atoms with E-state index < -0.39 is 0 Å². The average molecular weight is 367 g/mol. The summed E-state index contributed by atoms with van der Waals surface area (Å²) in [6.07, 6.45) is 4.45. The zero-order valence-corrected chi connectivity index (χ0v) is 16.0. The summed E-state index contributed by atoms with van der Waals surface area (Å²) in [7, 11) is 0. The van der Waals surface area contributed by atoms with Gasteiger partial charge < -0.3 is 5.11 Å². The molecule has 3 heterocycles. The molecule has 1 aromatic heterocycles. The van der Waals surface area contributed by atoms with Crippen LogP contribution in [0, 0.1) is 5.92 Å². The van der Waals surface area contributed by atoms with Crippen molar-refractivity contribution in [3.8, 4) is 0 Å². The van der Waals surface area contributed by atoms with Crippen LogP contribution >= 0.6 is 0 Å². The van der Waals surface area contributed by atoms with Gasteiger partial charge in [-0.15, -0.1) is 0 Å². The molecule has 5 heteroatoms. The number of likely N-dealkylation sites (tertiary alicyclic amines) is 1. The SMILES string of the molecule is O[C@H](c1cc2n(n1)CCN(C1CCN(Cc3ccccc3)CC1)C2)C1CC1. The maximum Gasteiger partial charge on any atom is 0.101 e. The number of hydrogen-bond donors (Lipinski definition) is 1. The first kappa shape index (κ1) is 17.4. The van der Waals surface area contributed by atoms with Crippen LogP contribution in [-0.2, 0) is 19.6 Å². The molecule has 1 saturated heterocycles. The molecule has 0 radical (unpaired) electrons. The van der Waals surface area contributed by atoms with E-state index in [0.717, 1.165) is 44.7 Å². The largest absolute Gasteiger partial charge is 0.386 e. The van der Waals surface area contributed by atoms with Crippen molar-refractivity contribution in [2.75, 3.05) is 19.6 Å². The van der Waals surface area contributed by atoms with Crippen LogP contribution in [-0.4, -0.2) is 50.4 Å². The van der Waals surface area contributed by atoms with Crippen LogP contribution in [0.15, 0.2) is 36.4 Å². The van der Waals surface area contributed by atoms with Gasteiger partial charge in [0.2, 0.25) is 0 Å². The normalized spacial score (nSPS) is 23.3. The smallest absolute Gasteiger partial charge is 0.101 e. The molecular weight excluding hydrogens is 336 g/mol. The molecule has 1 N–H and O–H groups in total. The Hall–Kier alpha value is -1.69. The van der Waals surface area contributed by atoms with E-state index in [1.807, 2.05) is 0 Å². The maximum absolute atomic E-state index is 10.4. The summed E-state index contributed by atoms with van der Waals surface area (Å²) in [5.41, 5.74) is 3.59. The molecule has 5 nitrogen and oxygen atoms in total. The summed E-state index contributed by atoms with van der Waals surface area (Å²) in [6.45, 7) is 6.45. The molecular formula is C22H30N4O. The number of rotatable bonds is 5. The van der Waals surface area contributed by atoms with Crippen molar-refractivity contribution in [1.29, 1.82) is 0 Å². The highest BCUT2D eigenvalue weighted by Gasteiger charge is 2.34. The van der Waals surface area contributed by atoms with Crippen molar-refractivity contribution in [2.45, 2.75) is 57.5 Å². The lowest BCUT2D eigenvalue weighted by molar-refractivity contribution is 0.0819. The molecule has 0 bridgehead atoms. The zero-order chi connectivity index (χ0) is 18.2. The Morgan fingerprint density at radius 2 is 1.78 bits per heavy atom. The Morgan fingerprint density at radius 3 is 2.52 bits per heavy atom. The second-order valence-electron chi connectivity index (χ2n) is 8.53. The Labute approximate surface area is 161 Å². The first-order valence-corrected chi connectivity index (χ1v) is 10.5. The van der Waals surface area contributed by atoms with Gasteiger partial charge in [-0.3, -0.25) is 14.5 Å². The second-order valence-corrected chi connectivity index (χ2v) is 8.53. The highest BCUT2D eigenvalue weighted by molar-refractivity contribution is 5.17. The molecule has 0 unspecified atom stereocenters. The van der Waals surface area contributed by atoms with Gasteiger partial charge in [0, 0.05) is 25.7 Å². The number of piperidine rings is 1. The third kappa shape index (κ3) is 3.82. The van der Waals surface area contributed by atoms with Crippen LogP contribution in [0.4, 0.5) is 0 Å². The third-order valence-corrected chi connectivity index (χ3v) is 6.54. The van der Waals surface area contributed by atoms with Gasteiger partial charge in [0.05, 0.1) is 17.9 Å². The molecule has 1 aromatic carbocycles. The third-order valence-electron chi connectivity index (χ3n) is 6.54. The van der Waals surface area contributed by atoms with Gasteiger partial charge >= 0.3 is 0 Å². The predicted molar refractivity (Wildman–Crippen MR) is 105 cm³/mol.